The number of rotatable bonds is 5. The molecule has 3 heteroatoms. The highest BCUT2D eigenvalue weighted by Gasteiger charge is 2.15. The molecule has 0 saturated heterocycles. The number of nitrogens with one attached hydrogen (secondary N) is 1. The molecule has 0 unspecified atom stereocenters. The van der Waals surface area contributed by atoms with Crippen LogP contribution in [0, 0.1) is 16.7 Å². The fraction of sp³-hybridized carbons (Fsp3) is 0.312. The van der Waals surface area contributed by atoms with Crippen molar-refractivity contribution in [2.45, 2.75) is 20.4 Å². The molecule has 2 rings (SSSR count). The Hall–Kier alpha value is -1.63. The van der Waals surface area contributed by atoms with Gasteiger partial charge in [0.05, 0.1) is 11.5 Å². The van der Waals surface area contributed by atoms with Gasteiger partial charge in [-0.25, -0.2) is 0 Å². The Morgan fingerprint density at radius 3 is 2.58 bits per heavy atom. The summed E-state index contributed by atoms with van der Waals surface area (Å²) < 4.78 is 0. The van der Waals surface area contributed by atoms with Crippen LogP contribution in [0.2, 0.25) is 0 Å². The molecule has 0 radical (unpaired) electrons. The lowest BCUT2D eigenvalue weighted by atomic mass is 9.96. The minimum atomic E-state index is -0.306. The molecule has 0 spiro atoms. The third-order valence-corrected chi connectivity index (χ3v) is 4.02. The van der Waals surface area contributed by atoms with E-state index >= 15 is 0 Å². The number of hydrogen-bond acceptors (Lipinski definition) is 3. The molecule has 0 fully saturated rings. The van der Waals surface area contributed by atoms with Crippen LogP contribution in [0.4, 0.5) is 0 Å². The summed E-state index contributed by atoms with van der Waals surface area (Å²) in [5.41, 5.74) is 0.954. The smallest absolute Gasteiger partial charge is 0.0697 e. The summed E-state index contributed by atoms with van der Waals surface area (Å²) in [6.45, 7) is 5.43. The van der Waals surface area contributed by atoms with E-state index in [1.807, 2.05) is 19.9 Å². The molecule has 1 N–H and O–H groups in total. The second-order valence-electron chi connectivity index (χ2n) is 5.23. The zero-order valence-corrected chi connectivity index (χ0v) is 12.1. The van der Waals surface area contributed by atoms with E-state index in [0.717, 1.165) is 6.54 Å². The van der Waals surface area contributed by atoms with Crippen LogP contribution >= 0.6 is 11.3 Å². The third kappa shape index (κ3) is 3.92. The molecule has 0 aliphatic carbocycles. The van der Waals surface area contributed by atoms with Crippen LogP contribution in [0.1, 0.15) is 18.7 Å². The van der Waals surface area contributed by atoms with Gasteiger partial charge < -0.3 is 5.32 Å². The van der Waals surface area contributed by atoms with Gasteiger partial charge in [0.25, 0.3) is 0 Å². The summed E-state index contributed by atoms with van der Waals surface area (Å²) in [6, 6.07) is 17.0. The minimum absolute atomic E-state index is 0.306. The number of benzene rings is 1. The van der Waals surface area contributed by atoms with E-state index < -0.39 is 0 Å². The van der Waals surface area contributed by atoms with E-state index in [-0.39, 0.29) is 5.41 Å². The van der Waals surface area contributed by atoms with Crippen molar-refractivity contribution < 1.29 is 0 Å². The van der Waals surface area contributed by atoms with Crippen LogP contribution in [0.25, 0.3) is 10.4 Å². The Balaban J connectivity index is 1.94. The van der Waals surface area contributed by atoms with Gasteiger partial charge in [0, 0.05) is 22.8 Å². The Morgan fingerprint density at radius 2 is 1.89 bits per heavy atom. The summed E-state index contributed by atoms with van der Waals surface area (Å²) in [5.74, 6) is 0. The molecule has 2 aromatic rings. The zero-order valence-electron chi connectivity index (χ0n) is 11.3. The lowest BCUT2D eigenvalue weighted by molar-refractivity contribution is 0.446. The number of nitrogens with zero attached hydrogens (tertiary/aromatic N) is 1. The molecule has 0 atom stereocenters. The SMILES string of the molecule is CC(C)(C#N)CNCc1ccc(-c2ccccc2)s1. The maximum absolute atomic E-state index is 8.96. The molecule has 1 aromatic carbocycles. The molecule has 98 valence electrons. The molecule has 1 heterocycles. The second-order valence-corrected chi connectivity index (χ2v) is 6.40. The standard InChI is InChI=1S/C16H18N2S/c1-16(2,11-17)12-18-10-14-8-9-15(19-14)13-6-4-3-5-7-13/h3-9,18H,10,12H2,1-2H3. The summed E-state index contributed by atoms with van der Waals surface area (Å²) in [6.07, 6.45) is 0. The van der Waals surface area contributed by atoms with Gasteiger partial charge >= 0.3 is 0 Å². The average Bonchev–Trinajstić information content (AvgIpc) is 2.88. The van der Waals surface area contributed by atoms with Crippen molar-refractivity contribution in [3.8, 4) is 16.5 Å². The van der Waals surface area contributed by atoms with E-state index in [4.69, 9.17) is 5.26 Å². The van der Waals surface area contributed by atoms with Crippen molar-refractivity contribution in [1.82, 2.24) is 5.32 Å². The summed E-state index contributed by atoms with van der Waals surface area (Å²) in [5, 5.41) is 12.3. The summed E-state index contributed by atoms with van der Waals surface area (Å²) in [4.78, 5) is 2.59. The molecule has 1 aromatic heterocycles. The Labute approximate surface area is 118 Å². The third-order valence-electron chi connectivity index (χ3n) is 2.89. The highest BCUT2D eigenvalue weighted by atomic mass is 32.1. The van der Waals surface area contributed by atoms with E-state index in [0.29, 0.717) is 6.54 Å². The van der Waals surface area contributed by atoms with Gasteiger partial charge in [-0.05, 0) is 31.5 Å². The highest BCUT2D eigenvalue weighted by molar-refractivity contribution is 7.15. The highest BCUT2D eigenvalue weighted by Crippen LogP contribution is 2.27. The maximum Gasteiger partial charge on any atom is 0.0697 e. The lowest BCUT2D eigenvalue weighted by Crippen LogP contribution is -2.27. The van der Waals surface area contributed by atoms with Crippen LogP contribution in [0.3, 0.4) is 0 Å². The van der Waals surface area contributed by atoms with Gasteiger partial charge in [0.1, 0.15) is 0 Å². The second kappa shape index (κ2) is 6.01. The fourth-order valence-electron chi connectivity index (χ4n) is 1.77. The van der Waals surface area contributed by atoms with Crippen molar-refractivity contribution in [2.24, 2.45) is 5.41 Å². The number of thiophene rings is 1. The van der Waals surface area contributed by atoms with E-state index in [9.17, 15) is 0 Å². The first-order valence-electron chi connectivity index (χ1n) is 6.37. The number of hydrogen-bond donors (Lipinski definition) is 1. The largest absolute Gasteiger partial charge is 0.310 e. The molecule has 0 saturated carbocycles. The number of nitriles is 1. The van der Waals surface area contributed by atoms with Crippen molar-refractivity contribution in [3.05, 3.63) is 47.3 Å². The van der Waals surface area contributed by atoms with Crippen molar-refractivity contribution in [3.63, 3.8) is 0 Å². The van der Waals surface area contributed by atoms with Gasteiger partial charge in [-0.15, -0.1) is 11.3 Å². The molecule has 2 nitrogen and oxygen atoms in total. The van der Waals surface area contributed by atoms with E-state index in [2.05, 4.69) is 47.8 Å². The fourth-order valence-corrected chi connectivity index (χ4v) is 2.75. The first-order chi connectivity index (χ1) is 9.11. The Bertz CT molecular complexity index is 564. The van der Waals surface area contributed by atoms with Crippen LogP contribution < -0.4 is 5.32 Å². The van der Waals surface area contributed by atoms with Crippen molar-refractivity contribution >= 4 is 11.3 Å². The Morgan fingerprint density at radius 1 is 1.16 bits per heavy atom. The summed E-state index contributed by atoms with van der Waals surface area (Å²) >= 11 is 1.80. The predicted octanol–water partition coefficient (Wildman–Crippen LogP) is 4.05. The molecule has 0 aliphatic rings. The molecule has 19 heavy (non-hydrogen) atoms. The van der Waals surface area contributed by atoms with Crippen LogP contribution in [0.5, 0.6) is 0 Å². The molecular formula is C16H18N2S. The van der Waals surface area contributed by atoms with Crippen molar-refractivity contribution in [2.75, 3.05) is 6.54 Å². The molecule has 0 amide bonds. The monoisotopic (exact) mass is 270 g/mol. The molecular weight excluding hydrogens is 252 g/mol. The van der Waals surface area contributed by atoms with Gasteiger partial charge in [-0.2, -0.15) is 5.26 Å². The first-order valence-corrected chi connectivity index (χ1v) is 7.18. The van der Waals surface area contributed by atoms with Gasteiger partial charge in [0.15, 0.2) is 0 Å². The Kier molecular flexibility index (Phi) is 4.36. The maximum atomic E-state index is 8.96. The van der Waals surface area contributed by atoms with Crippen LogP contribution in [-0.2, 0) is 6.54 Å². The zero-order chi connectivity index (χ0) is 13.7. The minimum Gasteiger partial charge on any atom is -0.310 e. The molecule has 0 aliphatic heterocycles. The normalized spacial score (nSPS) is 11.2. The van der Waals surface area contributed by atoms with Crippen molar-refractivity contribution in [1.29, 1.82) is 5.26 Å². The van der Waals surface area contributed by atoms with Gasteiger partial charge in [-0.1, -0.05) is 30.3 Å². The lowest BCUT2D eigenvalue weighted by Gasteiger charge is -2.15. The van der Waals surface area contributed by atoms with Gasteiger partial charge in [0.2, 0.25) is 0 Å². The average molecular weight is 270 g/mol. The van der Waals surface area contributed by atoms with Gasteiger partial charge in [-0.3, -0.25) is 0 Å². The van der Waals surface area contributed by atoms with Crippen LogP contribution in [-0.4, -0.2) is 6.54 Å². The first kappa shape index (κ1) is 13.8. The molecule has 0 bridgehead atoms. The van der Waals surface area contributed by atoms with E-state index in [1.165, 1.54) is 15.3 Å². The van der Waals surface area contributed by atoms with E-state index in [1.54, 1.807) is 11.3 Å². The topological polar surface area (TPSA) is 35.8 Å². The quantitative estimate of drug-likeness (QED) is 0.889. The summed E-state index contributed by atoms with van der Waals surface area (Å²) in [7, 11) is 0. The van der Waals surface area contributed by atoms with Crippen LogP contribution in [0.15, 0.2) is 42.5 Å². The predicted molar refractivity (Wildman–Crippen MR) is 80.9 cm³/mol.